The summed E-state index contributed by atoms with van der Waals surface area (Å²) >= 11 is 4.78. The van der Waals surface area contributed by atoms with Crippen molar-refractivity contribution in [2.75, 3.05) is 4.90 Å². The molecule has 1 aliphatic carbocycles. The minimum atomic E-state index is -0.288. The zero-order valence-corrected chi connectivity index (χ0v) is 26.2. The molecule has 0 bridgehead atoms. The summed E-state index contributed by atoms with van der Waals surface area (Å²) in [6.07, 6.45) is 7.05. The lowest BCUT2D eigenvalue weighted by molar-refractivity contribution is 0.544. The van der Waals surface area contributed by atoms with E-state index in [1.807, 2.05) is 30.3 Å². The molecule has 0 fully saturated rings. The first kappa shape index (κ1) is 28.9. The monoisotopic (exact) mass is 604 g/mol. The number of para-hydroxylation sites is 1. The third-order valence-corrected chi connectivity index (χ3v) is 9.12. The van der Waals surface area contributed by atoms with E-state index >= 15 is 0 Å². The Morgan fingerprint density at radius 3 is 2.33 bits per heavy atom. The van der Waals surface area contributed by atoms with E-state index < -0.39 is 0 Å². The van der Waals surface area contributed by atoms with Gasteiger partial charge < -0.3 is 10.3 Å². The van der Waals surface area contributed by atoms with Crippen molar-refractivity contribution >= 4 is 35.4 Å². The van der Waals surface area contributed by atoms with E-state index in [4.69, 9.17) is 17.6 Å². The number of aliphatic imine (C=N–C) groups is 1. The molecule has 4 nitrogen and oxygen atoms in total. The highest BCUT2D eigenvalue weighted by Crippen LogP contribution is 2.55. The van der Waals surface area contributed by atoms with E-state index in [0.29, 0.717) is 13.1 Å². The SMILES string of the molecule is C[C@]12C=C(c3ccccc3S)C=CC1c1ccccc1N2c1cccc(C/N=C(\NNCc2ccccc2)c2ccccc2)c1. The average Bonchev–Trinajstić information content (AvgIpc) is 3.35. The van der Waals surface area contributed by atoms with Gasteiger partial charge in [-0.1, -0.05) is 127 Å². The molecule has 5 aromatic rings. The Labute approximate surface area is 271 Å². The molecule has 2 aliphatic rings. The first-order chi connectivity index (χ1) is 22.1. The molecule has 222 valence electrons. The number of hydrazine groups is 1. The largest absolute Gasteiger partial charge is 0.331 e. The fraction of sp³-hybridized carbons (Fsp3) is 0.125. The van der Waals surface area contributed by atoms with Crippen molar-refractivity contribution in [2.24, 2.45) is 4.99 Å². The van der Waals surface area contributed by atoms with E-state index in [9.17, 15) is 0 Å². The summed E-state index contributed by atoms with van der Waals surface area (Å²) in [7, 11) is 0. The van der Waals surface area contributed by atoms with Gasteiger partial charge in [0, 0.05) is 34.3 Å². The third-order valence-electron chi connectivity index (χ3n) is 8.73. The molecule has 0 amide bonds. The minimum Gasteiger partial charge on any atom is -0.331 e. The fourth-order valence-electron chi connectivity index (χ4n) is 6.57. The van der Waals surface area contributed by atoms with Crippen LogP contribution in [0.5, 0.6) is 0 Å². The van der Waals surface area contributed by atoms with Crippen LogP contribution in [-0.4, -0.2) is 11.4 Å². The first-order valence-corrected chi connectivity index (χ1v) is 15.8. The van der Waals surface area contributed by atoms with Gasteiger partial charge in [0.15, 0.2) is 0 Å². The Balaban J connectivity index is 1.20. The predicted octanol–water partition coefficient (Wildman–Crippen LogP) is 8.86. The summed E-state index contributed by atoms with van der Waals surface area (Å²) in [5.41, 5.74) is 15.9. The van der Waals surface area contributed by atoms with E-state index in [1.54, 1.807) is 0 Å². The summed E-state index contributed by atoms with van der Waals surface area (Å²) in [6.45, 7) is 3.59. The van der Waals surface area contributed by atoms with Crippen molar-refractivity contribution in [2.45, 2.75) is 36.4 Å². The maximum absolute atomic E-state index is 5.06. The normalized spacial score (nSPS) is 18.7. The van der Waals surface area contributed by atoms with Crippen LogP contribution in [0.4, 0.5) is 11.4 Å². The van der Waals surface area contributed by atoms with Crippen molar-refractivity contribution in [3.63, 3.8) is 0 Å². The molecular formula is C40H36N4S. The second-order valence-corrected chi connectivity index (χ2v) is 12.2. The topological polar surface area (TPSA) is 39.7 Å². The van der Waals surface area contributed by atoms with Crippen LogP contribution in [0.1, 0.15) is 40.7 Å². The molecule has 1 unspecified atom stereocenters. The lowest BCUT2D eigenvalue weighted by atomic mass is 9.77. The zero-order valence-electron chi connectivity index (χ0n) is 25.3. The van der Waals surface area contributed by atoms with Gasteiger partial charge in [-0.2, -0.15) is 0 Å². The van der Waals surface area contributed by atoms with Crippen molar-refractivity contribution < 1.29 is 0 Å². The number of allylic oxidation sites excluding steroid dienone is 2. The van der Waals surface area contributed by atoms with Gasteiger partial charge in [0.2, 0.25) is 0 Å². The van der Waals surface area contributed by atoms with Crippen LogP contribution in [0.25, 0.3) is 5.57 Å². The molecule has 2 atom stereocenters. The lowest BCUT2D eigenvalue weighted by Gasteiger charge is -2.40. The summed E-state index contributed by atoms with van der Waals surface area (Å²) in [5.74, 6) is 1.04. The van der Waals surface area contributed by atoms with Crippen molar-refractivity contribution in [3.8, 4) is 0 Å². The number of hydrogen-bond donors (Lipinski definition) is 3. The molecule has 0 spiro atoms. The van der Waals surface area contributed by atoms with Gasteiger partial charge in [-0.15, -0.1) is 12.6 Å². The Morgan fingerprint density at radius 1 is 0.800 bits per heavy atom. The van der Waals surface area contributed by atoms with E-state index in [-0.39, 0.29) is 11.5 Å². The number of hydrogen-bond acceptors (Lipinski definition) is 4. The minimum absolute atomic E-state index is 0.232. The predicted molar refractivity (Wildman–Crippen MR) is 190 cm³/mol. The summed E-state index contributed by atoms with van der Waals surface area (Å²) < 4.78 is 0. The van der Waals surface area contributed by atoms with Gasteiger partial charge in [-0.05, 0) is 59.0 Å². The van der Waals surface area contributed by atoms with Crippen molar-refractivity contribution in [1.29, 1.82) is 0 Å². The molecule has 45 heavy (non-hydrogen) atoms. The molecule has 0 saturated carbocycles. The Kier molecular flexibility index (Phi) is 8.12. The molecule has 1 aliphatic heterocycles. The summed E-state index contributed by atoms with van der Waals surface area (Å²) in [4.78, 5) is 8.55. The first-order valence-electron chi connectivity index (χ1n) is 15.4. The molecule has 7 rings (SSSR count). The number of amidine groups is 1. The number of rotatable bonds is 8. The Hall–Kier alpha value is -4.84. The number of anilines is 2. The number of benzene rings is 5. The van der Waals surface area contributed by atoms with Crippen molar-refractivity contribution in [3.05, 3.63) is 180 Å². The second-order valence-electron chi connectivity index (χ2n) is 11.7. The number of nitrogens with zero attached hydrogens (tertiary/aromatic N) is 2. The maximum atomic E-state index is 5.06. The van der Waals surface area contributed by atoms with E-state index in [1.165, 1.54) is 22.4 Å². The van der Waals surface area contributed by atoms with Crippen LogP contribution >= 0.6 is 12.6 Å². The van der Waals surface area contributed by atoms with Crippen LogP contribution in [0.2, 0.25) is 0 Å². The Bertz CT molecular complexity index is 1900. The third kappa shape index (κ3) is 5.85. The van der Waals surface area contributed by atoms with Crippen LogP contribution < -0.4 is 15.8 Å². The van der Waals surface area contributed by atoms with Gasteiger partial charge in [-0.25, -0.2) is 5.43 Å². The lowest BCUT2D eigenvalue weighted by Crippen LogP contribution is -2.42. The Morgan fingerprint density at radius 2 is 1.51 bits per heavy atom. The molecule has 5 aromatic carbocycles. The second kappa shape index (κ2) is 12.6. The molecule has 0 saturated heterocycles. The quantitative estimate of drug-likeness (QED) is 0.0717. The van der Waals surface area contributed by atoms with Crippen LogP contribution in [0.3, 0.4) is 0 Å². The highest BCUT2D eigenvalue weighted by atomic mass is 32.1. The van der Waals surface area contributed by atoms with Crippen molar-refractivity contribution in [1.82, 2.24) is 10.9 Å². The van der Waals surface area contributed by atoms with Crippen LogP contribution in [0.15, 0.2) is 162 Å². The van der Waals surface area contributed by atoms with E-state index in [2.05, 4.69) is 144 Å². The molecule has 1 heterocycles. The summed E-state index contributed by atoms with van der Waals surface area (Å²) in [5, 5.41) is 0. The molecule has 0 aromatic heterocycles. The van der Waals surface area contributed by atoms with Gasteiger partial charge in [0.25, 0.3) is 0 Å². The molecule has 2 N–H and O–H groups in total. The molecule has 5 heteroatoms. The maximum Gasteiger partial charge on any atom is 0.143 e. The van der Waals surface area contributed by atoms with Crippen LogP contribution in [0, 0.1) is 0 Å². The van der Waals surface area contributed by atoms with Gasteiger partial charge in [-0.3, -0.25) is 4.99 Å². The number of nitrogens with one attached hydrogen (secondary N) is 2. The standard InChI is InChI=1S/C40H36N4S/c1-40-26-32(34-19-9-11-22-38(34)45)23-24-36(40)35-20-8-10-21-37(35)44(40)33-18-12-15-30(25-33)27-41-39(31-16-6-3-7-17-31)43-42-28-29-13-4-2-5-14-29/h2-26,36,42,45H,27-28H2,1H3,(H,41,43)/t36?,40-/m0/s1. The highest BCUT2D eigenvalue weighted by molar-refractivity contribution is 7.80. The van der Waals surface area contributed by atoms with E-state index in [0.717, 1.165) is 33.1 Å². The average molecular weight is 605 g/mol. The zero-order chi connectivity index (χ0) is 30.6. The highest BCUT2D eigenvalue weighted by Gasteiger charge is 2.47. The van der Waals surface area contributed by atoms with Gasteiger partial charge in [0.1, 0.15) is 5.84 Å². The smallest absolute Gasteiger partial charge is 0.143 e. The molecule has 0 radical (unpaired) electrons. The number of fused-ring (bicyclic) bond motifs is 3. The van der Waals surface area contributed by atoms with Crippen LogP contribution in [-0.2, 0) is 13.1 Å². The fourth-order valence-corrected chi connectivity index (χ4v) is 6.86. The van der Waals surface area contributed by atoms with Gasteiger partial charge >= 0.3 is 0 Å². The van der Waals surface area contributed by atoms with Gasteiger partial charge in [0.05, 0.1) is 12.1 Å². The number of thiol groups is 1. The molecular weight excluding hydrogens is 569 g/mol. The summed E-state index contributed by atoms with van der Waals surface area (Å²) in [6, 6.07) is 46.6.